The molecule has 3 radical (unpaired) electrons. The van der Waals surface area contributed by atoms with Gasteiger partial charge in [0.25, 0.3) is 0 Å². The Kier molecular flexibility index (Phi) is 23.9. The first-order valence-corrected chi connectivity index (χ1v) is 2.91. The summed E-state index contributed by atoms with van der Waals surface area (Å²) in [4.78, 5) is 0. The quantitative estimate of drug-likeness (QED) is 0.488. The Bertz CT molecular complexity index is 45.5. The fraction of sp³-hybridized carbons (Fsp3) is 0.800. The largest absolute Gasteiger partial charge is 0.327 e. The zero-order valence-electron chi connectivity index (χ0n) is 5.46. The molecule has 0 saturated heterocycles. The molecule has 1 aliphatic rings. The molecule has 0 aromatic rings. The zero-order valence-corrected chi connectivity index (χ0v) is 14.9. The van der Waals surface area contributed by atoms with Crippen LogP contribution < -0.4 is 0 Å². The summed E-state index contributed by atoms with van der Waals surface area (Å²) in [6, 6.07) is 0. The number of rotatable bonds is 0. The van der Waals surface area contributed by atoms with E-state index in [-0.39, 0.29) is 98.1 Å². The molecule has 1 atom stereocenters. The van der Waals surface area contributed by atoms with Gasteiger partial charge in [0, 0.05) is 98.1 Å². The van der Waals surface area contributed by atoms with Crippen LogP contribution in [-0.2, 0) is 98.1 Å². The smallest absolute Gasteiger partial charge is 0 e. The molecule has 0 aliphatic heterocycles. The molecule has 0 nitrogen and oxygen atoms in total. The van der Waals surface area contributed by atoms with Crippen molar-refractivity contribution in [3.63, 3.8) is 0 Å². The molecule has 9 heavy (non-hydrogen) atoms. The van der Waals surface area contributed by atoms with Gasteiger partial charge in [-0.1, -0.05) is 6.42 Å². The van der Waals surface area contributed by atoms with E-state index >= 15 is 0 Å². The average molecular weight is 368 g/mol. The monoisotopic (exact) mass is 368 g/mol. The summed E-state index contributed by atoms with van der Waals surface area (Å²) in [5, 5.41) is 0.685. The van der Waals surface area contributed by atoms with Crippen molar-refractivity contribution in [2.45, 2.75) is 24.5 Å². The van der Waals surface area contributed by atoms with Crippen molar-refractivity contribution in [3.05, 3.63) is 6.42 Å². The third-order valence-corrected chi connectivity index (χ3v) is 1.61. The van der Waals surface area contributed by atoms with Crippen LogP contribution in [0, 0.1) is 6.42 Å². The van der Waals surface area contributed by atoms with E-state index in [1.54, 1.807) is 0 Å². The van der Waals surface area contributed by atoms with Gasteiger partial charge in [0.2, 0.25) is 0 Å². The minimum Gasteiger partial charge on any atom is -0.327 e. The van der Waals surface area contributed by atoms with Gasteiger partial charge in [0.05, 0.1) is 0 Å². The molecule has 0 heterocycles. The van der Waals surface area contributed by atoms with Crippen LogP contribution in [0.2, 0.25) is 0 Å². The van der Waals surface area contributed by atoms with Crippen molar-refractivity contribution in [1.82, 2.24) is 0 Å². The predicted octanol–water partition coefficient (Wildman–Crippen LogP) is 1.67. The van der Waals surface area contributed by atoms with Gasteiger partial charge in [-0.15, -0.1) is 0 Å². The first-order chi connectivity index (χ1) is 2.89. The Balaban J connectivity index is -0.000000120. The van der Waals surface area contributed by atoms with Crippen molar-refractivity contribution < 1.29 is 98.1 Å². The van der Waals surface area contributed by atoms with Gasteiger partial charge in [-0.05, 0) is 5.25 Å². The van der Waals surface area contributed by atoms with Crippen LogP contribution in [0.4, 0.5) is 0 Å². The molecule has 4 heteroatoms. The van der Waals surface area contributed by atoms with E-state index in [4.69, 9.17) is 0 Å². The Morgan fingerprint density at radius 3 is 1.89 bits per heavy atom. The van der Waals surface area contributed by atoms with Crippen LogP contribution in [0.3, 0.4) is 0 Å². The van der Waals surface area contributed by atoms with Gasteiger partial charge in [-0.25, -0.2) is 0 Å². The fourth-order valence-corrected chi connectivity index (χ4v) is 1.04. The maximum atomic E-state index is 4.26. The fourth-order valence-electron chi connectivity index (χ4n) is 0.738. The summed E-state index contributed by atoms with van der Waals surface area (Å²) in [5.41, 5.74) is 0. The van der Waals surface area contributed by atoms with E-state index < -0.39 is 0 Å². The van der Waals surface area contributed by atoms with Gasteiger partial charge in [0.1, 0.15) is 0 Å². The van der Waals surface area contributed by atoms with Crippen molar-refractivity contribution in [2.24, 2.45) is 0 Å². The molecule has 0 bridgehead atoms. The minimum absolute atomic E-state index is 0. The molecule has 1 rings (SSSR count). The van der Waals surface area contributed by atoms with Gasteiger partial charge < -0.3 is 6.42 Å². The second kappa shape index (κ2) is 11.7. The third kappa shape index (κ3) is 9.58. The molecule has 1 unspecified atom stereocenters. The number of thiol groups is 1. The molecular weight excluding hydrogens is 359 g/mol. The Labute approximate surface area is 138 Å². The number of hydrogen-bond donors (Lipinski definition) is 1. The van der Waals surface area contributed by atoms with E-state index in [1.807, 2.05) is 0 Å². The van der Waals surface area contributed by atoms with E-state index in [2.05, 4.69) is 19.0 Å². The van der Waals surface area contributed by atoms with Crippen LogP contribution in [0.1, 0.15) is 19.3 Å². The van der Waals surface area contributed by atoms with E-state index in [0.717, 1.165) is 0 Å². The van der Waals surface area contributed by atoms with Crippen molar-refractivity contribution in [2.75, 3.05) is 0 Å². The third-order valence-electron chi connectivity index (χ3n) is 1.14. The van der Waals surface area contributed by atoms with Gasteiger partial charge in [-0.2, -0.15) is 25.5 Å². The average Bonchev–Trinajstić information content (AvgIpc) is 1.86. The summed E-state index contributed by atoms with van der Waals surface area (Å²) >= 11 is 4.26. The Morgan fingerprint density at radius 2 is 1.78 bits per heavy atom. The maximum absolute atomic E-state index is 4.26. The van der Waals surface area contributed by atoms with Gasteiger partial charge in [-0.3, -0.25) is 0 Å². The molecule has 0 spiro atoms. The second-order valence-electron chi connectivity index (χ2n) is 1.76. The summed E-state index contributed by atoms with van der Waals surface area (Å²) in [5.74, 6) is 0. The molecule has 45 valence electrons. The molecule has 1 saturated carbocycles. The molecule has 0 aromatic carbocycles. The first kappa shape index (κ1) is 18.4. The van der Waals surface area contributed by atoms with Gasteiger partial charge >= 0.3 is 0 Å². The second-order valence-corrected chi connectivity index (χ2v) is 2.49. The SMILES string of the molecule is SC1C[CH-]CC1.[Y].[Y].[Y]. The molecule has 0 amide bonds. The topological polar surface area (TPSA) is 0 Å². The predicted molar refractivity (Wildman–Crippen MR) is 30.9 cm³/mol. The Morgan fingerprint density at radius 1 is 1.22 bits per heavy atom. The number of hydrogen-bond acceptors (Lipinski definition) is 1. The summed E-state index contributed by atoms with van der Waals surface area (Å²) in [6.45, 7) is 0. The van der Waals surface area contributed by atoms with E-state index in [9.17, 15) is 0 Å². The van der Waals surface area contributed by atoms with Crippen LogP contribution in [-0.4, -0.2) is 5.25 Å². The zero-order chi connectivity index (χ0) is 4.41. The summed E-state index contributed by atoms with van der Waals surface area (Å²) in [6.07, 6.45) is 6.11. The van der Waals surface area contributed by atoms with Crippen LogP contribution in [0.15, 0.2) is 0 Å². The summed E-state index contributed by atoms with van der Waals surface area (Å²) in [7, 11) is 0. The van der Waals surface area contributed by atoms with Crippen molar-refractivity contribution in [3.8, 4) is 0 Å². The first-order valence-electron chi connectivity index (χ1n) is 2.39. The molecule has 0 aromatic heterocycles. The van der Waals surface area contributed by atoms with Crippen molar-refractivity contribution in [1.29, 1.82) is 0 Å². The van der Waals surface area contributed by atoms with E-state index in [0.29, 0.717) is 5.25 Å². The standard InChI is InChI=1S/C5H9S.3Y/c6-5-3-1-2-4-5;;;/h1,5-6H,2-4H2;;;/q-1;;;. The molecular formula is C5H9SY3-. The Hall–Kier alpha value is 3.66. The minimum atomic E-state index is 0. The van der Waals surface area contributed by atoms with E-state index in [1.165, 1.54) is 19.3 Å². The van der Waals surface area contributed by atoms with Gasteiger partial charge in [0.15, 0.2) is 0 Å². The molecule has 1 fully saturated rings. The summed E-state index contributed by atoms with van der Waals surface area (Å²) < 4.78 is 0. The van der Waals surface area contributed by atoms with Crippen LogP contribution >= 0.6 is 12.6 Å². The van der Waals surface area contributed by atoms with Crippen molar-refractivity contribution >= 4 is 12.6 Å². The molecule has 0 N–H and O–H groups in total. The van der Waals surface area contributed by atoms with Crippen LogP contribution in [0.25, 0.3) is 0 Å². The maximum Gasteiger partial charge on any atom is 0 e. The van der Waals surface area contributed by atoms with Crippen LogP contribution in [0.5, 0.6) is 0 Å². The normalized spacial score (nSPS) is 23.0. The molecule has 1 aliphatic carbocycles.